The molecule has 0 bridgehead atoms. The van der Waals surface area contributed by atoms with E-state index in [-0.39, 0.29) is 0 Å². The van der Waals surface area contributed by atoms with Gasteiger partial charge in [0.2, 0.25) is 10.0 Å². The van der Waals surface area contributed by atoms with E-state index in [2.05, 4.69) is 20.7 Å². The Hall–Kier alpha value is -1.17. The second-order valence-corrected chi connectivity index (χ2v) is 8.40. The quantitative estimate of drug-likeness (QED) is 0.801. The van der Waals surface area contributed by atoms with Gasteiger partial charge in [-0.3, -0.25) is 0 Å². The first-order valence-corrected chi connectivity index (χ1v) is 9.62. The molecule has 2 aromatic carbocycles. The molecule has 22 heavy (non-hydrogen) atoms. The van der Waals surface area contributed by atoms with Crippen LogP contribution < -0.4 is 4.72 Å². The highest BCUT2D eigenvalue weighted by Gasteiger charge is 2.25. The minimum absolute atomic E-state index is 0.311. The Balaban J connectivity index is 2.62. The Bertz CT molecular complexity index is 750. The molecule has 0 aliphatic heterocycles. The first-order chi connectivity index (χ1) is 10.2. The topological polar surface area (TPSA) is 46.2 Å². The van der Waals surface area contributed by atoms with E-state index in [4.69, 9.17) is 0 Å². The number of alkyl halides is 1. The average Bonchev–Trinajstić information content (AvgIpc) is 2.45. The first kappa shape index (κ1) is 17.2. The van der Waals surface area contributed by atoms with Gasteiger partial charge in [-0.1, -0.05) is 58.4 Å². The van der Waals surface area contributed by atoms with Crippen LogP contribution in [0.25, 0.3) is 11.1 Å². The molecule has 2 rings (SSSR count). The van der Waals surface area contributed by atoms with Gasteiger partial charge in [0, 0.05) is 16.4 Å². The van der Waals surface area contributed by atoms with E-state index in [9.17, 15) is 8.42 Å². The minimum atomic E-state index is -3.60. The van der Waals surface area contributed by atoms with Gasteiger partial charge >= 0.3 is 0 Å². The Morgan fingerprint density at radius 3 is 2.23 bits per heavy atom. The summed E-state index contributed by atoms with van der Waals surface area (Å²) in [5.41, 5.74) is 1.99. The summed E-state index contributed by atoms with van der Waals surface area (Å²) in [5, 5.41) is 0.611. The third-order valence-electron chi connectivity index (χ3n) is 3.02. The van der Waals surface area contributed by atoms with Crippen molar-refractivity contribution >= 4 is 26.0 Å². The van der Waals surface area contributed by atoms with Crippen LogP contribution >= 0.6 is 15.9 Å². The molecule has 0 spiro atoms. The Kier molecular flexibility index (Phi) is 5.10. The van der Waals surface area contributed by atoms with Gasteiger partial charge in [0.05, 0.1) is 4.90 Å². The van der Waals surface area contributed by atoms with Crippen LogP contribution in [0.5, 0.6) is 0 Å². The van der Waals surface area contributed by atoms with E-state index in [1.165, 1.54) is 0 Å². The predicted molar refractivity (Wildman–Crippen MR) is 94.6 cm³/mol. The van der Waals surface area contributed by atoms with Gasteiger partial charge < -0.3 is 0 Å². The molecule has 0 amide bonds. The largest absolute Gasteiger partial charge is 0.241 e. The fourth-order valence-corrected chi connectivity index (χ4v) is 4.23. The van der Waals surface area contributed by atoms with Crippen molar-refractivity contribution in [2.24, 2.45) is 0 Å². The van der Waals surface area contributed by atoms with Crippen molar-refractivity contribution in [1.82, 2.24) is 4.72 Å². The van der Waals surface area contributed by atoms with Crippen LogP contribution in [0.3, 0.4) is 0 Å². The van der Waals surface area contributed by atoms with Crippen LogP contribution in [-0.2, 0) is 15.4 Å². The van der Waals surface area contributed by atoms with Crippen molar-refractivity contribution in [2.75, 3.05) is 0 Å². The summed E-state index contributed by atoms with van der Waals surface area (Å²) in [5.74, 6) is 0. The molecule has 0 heterocycles. The van der Waals surface area contributed by atoms with Gasteiger partial charge in [-0.2, -0.15) is 0 Å². The maximum atomic E-state index is 12.8. The van der Waals surface area contributed by atoms with Crippen molar-refractivity contribution in [3.05, 3.63) is 54.1 Å². The number of nitrogens with one attached hydrogen (secondary N) is 1. The van der Waals surface area contributed by atoms with E-state index in [1.807, 2.05) is 63.2 Å². The summed E-state index contributed by atoms with van der Waals surface area (Å²) >= 11 is 3.39. The molecule has 0 aromatic heterocycles. The molecule has 0 saturated heterocycles. The zero-order valence-corrected chi connectivity index (χ0v) is 15.3. The highest BCUT2D eigenvalue weighted by molar-refractivity contribution is 9.08. The summed E-state index contributed by atoms with van der Waals surface area (Å²) in [4.78, 5) is 0.311. The minimum Gasteiger partial charge on any atom is -0.207 e. The number of sulfonamides is 1. The Morgan fingerprint density at radius 2 is 1.68 bits per heavy atom. The van der Waals surface area contributed by atoms with Crippen LogP contribution in [0, 0.1) is 0 Å². The summed E-state index contributed by atoms with van der Waals surface area (Å²) in [6, 6.07) is 15.1. The van der Waals surface area contributed by atoms with Crippen molar-refractivity contribution in [2.45, 2.75) is 36.5 Å². The summed E-state index contributed by atoms with van der Waals surface area (Å²) < 4.78 is 28.3. The van der Waals surface area contributed by atoms with Gasteiger partial charge in [0.15, 0.2) is 0 Å². The lowest BCUT2D eigenvalue weighted by atomic mass is 10.0. The molecule has 1 N–H and O–H groups in total. The normalized spacial score (nSPS) is 12.4. The number of hydrogen-bond donors (Lipinski definition) is 1. The van der Waals surface area contributed by atoms with Gasteiger partial charge in [-0.25, -0.2) is 13.1 Å². The van der Waals surface area contributed by atoms with Gasteiger partial charge in [-0.15, -0.1) is 0 Å². The number of rotatable bonds is 4. The molecule has 0 aliphatic rings. The lowest BCUT2D eigenvalue weighted by molar-refractivity contribution is 0.491. The van der Waals surface area contributed by atoms with E-state index < -0.39 is 15.6 Å². The average molecular weight is 382 g/mol. The highest BCUT2D eigenvalue weighted by Crippen LogP contribution is 2.29. The molecule has 0 saturated carbocycles. The van der Waals surface area contributed by atoms with Crippen LogP contribution in [0.2, 0.25) is 0 Å². The van der Waals surface area contributed by atoms with Crippen molar-refractivity contribution in [3.8, 4) is 11.1 Å². The molecule has 0 unspecified atom stereocenters. The number of benzene rings is 2. The zero-order chi connectivity index (χ0) is 16.4. The molecule has 5 heteroatoms. The summed E-state index contributed by atoms with van der Waals surface area (Å²) in [6.45, 7) is 5.50. The molecule has 0 atom stereocenters. The van der Waals surface area contributed by atoms with Gasteiger partial charge in [0.1, 0.15) is 0 Å². The second-order valence-electron chi connectivity index (χ2n) is 6.19. The maximum absolute atomic E-state index is 12.8. The molecular formula is C17H20BrNO2S. The standard InChI is InChI=1S/C17H20BrNO2S/c1-17(2,3)19-22(20,21)16-11-13(12-18)9-10-15(16)14-7-5-4-6-8-14/h4-11,19H,12H2,1-3H3. The first-order valence-electron chi connectivity index (χ1n) is 7.01. The third-order valence-corrected chi connectivity index (χ3v) is 5.46. The second kappa shape index (κ2) is 6.52. The maximum Gasteiger partial charge on any atom is 0.241 e. The molecule has 2 aromatic rings. The van der Waals surface area contributed by atoms with Crippen molar-refractivity contribution in [1.29, 1.82) is 0 Å². The third kappa shape index (κ3) is 4.18. The number of hydrogen-bond acceptors (Lipinski definition) is 2. The van der Waals surface area contributed by atoms with Crippen molar-refractivity contribution in [3.63, 3.8) is 0 Å². The van der Waals surface area contributed by atoms with Crippen LogP contribution in [0.4, 0.5) is 0 Å². The monoisotopic (exact) mass is 381 g/mol. The van der Waals surface area contributed by atoms with Crippen LogP contribution in [0.1, 0.15) is 26.3 Å². The zero-order valence-electron chi connectivity index (χ0n) is 12.9. The molecule has 0 fully saturated rings. The Morgan fingerprint density at radius 1 is 1.05 bits per heavy atom. The lowest BCUT2D eigenvalue weighted by Gasteiger charge is -2.22. The molecular weight excluding hydrogens is 362 g/mol. The molecule has 118 valence electrons. The number of halogens is 1. The van der Waals surface area contributed by atoms with E-state index >= 15 is 0 Å². The Labute approximate surface area is 140 Å². The van der Waals surface area contributed by atoms with Gasteiger partial charge in [0.25, 0.3) is 0 Å². The summed E-state index contributed by atoms with van der Waals surface area (Å²) in [6.07, 6.45) is 0. The van der Waals surface area contributed by atoms with E-state index in [0.717, 1.165) is 11.1 Å². The molecule has 3 nitrogen and oxygen atoms in total. The smallest absolute Gasteiger partial charge is 0.207 e. The molecule has 0 radical (unpaired) electrons. The summed E-state index contributed by atoms with van der Waals surface area (Å²) in [7, 11) is -3.60. The lowest BCUT2D eigenvalue weighted by Crippen LogP contribution is -2.40. The SMILES string of the molecule is CC(C)(C)NS(=O)(=O)c1cc(CBr)ccc1-c1ccccc1. The predicted octanol–water partition coefficient (Wildman–Crippen LogP) is 4.33. The van der Waals surface area contributed by atoms with Crippen molar-refractivity contribution < 1.29 is 8.42 Å². The van der Waals surface area contributed by atoms with E-state index in [1.54, 1.807) is 6.07 Å². The van der Waals surface area contributed by atoms with Gasteiger partial charge in [-0.05, 0) is 38.0 Å². The highest BCUT2D eigenvalue weighted by atomic mass is 79.9. The molecule has 0 aliphatic carbocycles. The van der Waals surface area contributed by atoms with Crippen LogP contribution in [0.15, 0.2) is 53.4 Å². The van der Waals surface area contributed by atoms with E-state index in [0.29, 0.717) is 15.8 Å². The fourth-order valence-electron chi connectivity index (χ4n) is 2.19. The fraction of sp³-hybridized carbons (Fsp3) is 0.294. The van der Waals surface area contributed by atoms with Crippen LogP contribution in [-0.4, -0.2) is 14.0 Å².